The van der Waals surface area contributed by atoms with Gasteiger partial charge in [0, 0.05) is 0 Å². The molecule has 0 aliphatic carbocycles. The number of aliphatic carboxylic acids is 1. The number of carbonyl (C=O) groups excluding carboxylic acids is 1. The Balaban J connectivity index is 2.66. The van der Waals surface area contributed by atoms with Gasteiger partial charge in [0.05, 0.1) is 6.04 Å². The zero-order valence-corrected chi connectivity index (χ0v) is 12.1. The average molecular weight is 278 g/mol. The highest BCUT2D eigenvalue weighted by Gasteiger charge is 2.24. The third-order valence-electron chi connectivity index (χ3n) is 3.13. The number of urea groups is 1. The molecular formula is C15H22N2O3. The van der Waals surface area contributed by atoms with Crippen LogP contribution < -0.4 is 10.6 Å². The van der Waals surface area contributed by atoms with Crippen LogP contribution in [0.2, 0.25) is 0 Å². The minimum absolute atomic E-state index is 0.127. The molecule has 0 saturated carbocycles. The lowest BCUT2D eigenvalue weighted by molar-refractivity contribution is -0.140. The Morgan fingerprint density at radius 2 is 1.75 bits per heavy atom. The Bertz CT molecular complexity index is 446. The van der Waals surface area contributed by atoms with Crippen LogP contribution >= 0.6 is 0 Å². The van der Waals surface area contributed by atoms with Crippen molar-refractivity contribution in [1.82, 2.24) is 10.6 Å². The van der Waals surface area contributed by atoms with E-state index in [9.17, 15) is 9.59 Å². The van der Waals surface area contributed by atoms with E-state index >= 15 is 0 Å². The van der Waals surface area contributed by atoms with Crippen molar-refractivity contribution in [2.75, 3.05) is 0 Å². The van der Waals surface area contributed by atoms with E-state index < -0.39 is 18.0 Å². The molecule has 0 heterocycles. The maximum atomic E-state index is 11.9. The second-order valence-corrected chi connectivity index (χ2v) is 5.05. The first-order valence-electron chi connectivity index (χ1n) is 6.80. The van der Waals surface area contributed by atoms with Gasteiger partial charge in [0.25, 0.3) is 0 Å². The number of nitrogens with one attached hydrogen (secondary N) is 2. The molecule has 0 aliphatic heterocycles. The number of carboxylic acids is 1. The molecule has 1 unspecified atom stereocenters. The van der Waals surface area contributed by atoms with Crippen LogP contribution in [0, 0.1) is 5.92 Å². The number of carboxylic acid groups (broad SMARTS) is 1. The van der Waals surface area contributed by atoms with E-state index in [1.807, 2.05) is 37.3 Å². The highest BCUT2D eigenvalue weighted by atomic mass is 16.4. The maximum absolute atomic E-state index is 11.9. The van der Waals surface area contributed by atoms with Crippen molar-refractivity contribution < 1.29 is 14.7 Å². The van der Waals surface area contributed by atoms with Gasteiger partial charge in [-0.3, -0.25) is 0 Å². The topological polar surface area (TPSA) is 78.4 Å². The molecule has 5 nitrogen and oxygen atoms in total. The minimum atomic E-state index is -1.03. The Hall–Kier alpha value is -2.04. The molecular weight excluding hydrogens is 256 g/mol. The normalized spacial score (nSPS) is 13.6. The number of hydrogen-bond acceptors (Lipinski definition) is 2. The zero-order chi connectivity index (χ0) is 15.1. The quantitative estimate of drug-likeness (QED) is 0.748. The van der Waals surface area contributed by atoms with Crippen LogP contribution in [0.4, 0.5) is 4.79 Å². The van der Waals surface area contributed by atoms with E-state index in [0.717, 1.165) is 12.0 Å². The molecule has 0 spiro atoms. The Kier molecular flexibility index (Phi) is 6.03. The van der Waals surface area contributed by atoms with Crippen LogP contribution in [0.25, 0.3) is 0 Å². The van der Waals surface area contributed by atoms with Gasteiger partial charge in [0.15, 0.2) is 0 Å². The van der Waals surface area contributed by atoms with E-state index in [4.69, 9.17) is 5.11 Å². The molecule has 0 fully saturated rings. The van der Waals surface area contributed by atoms with Crippen LogP contribution in [0.1, 0.15) is 38.8 Å². The third-order valence-corrected chi connectivity index (χ3v) is 3.13. The first kappa shape index (κ1) is 16.0. The van der Waals surface area contributed by atoms with Crippen molar-refractivity contribution in [3.63, 3.8) is 0 Å². The lowest BCUT2D eigenvalue weighted by Crippen LogP contribution is -2.49. The van der Waals surface area contributed by atoms with E-state index in [2.05, 4.69) is 10.6 Å². The molecule has 1 rings (SSSR count). The first-order valence-corrected chi connectivity index (χ1v) is 6.80. The second-order valence-electron chi connectivity index (χ2n) is 5.05. The lowest BCUT2D eigenvalue weighted by Gasteiger charge is -2.22. The van der Waals surface area contributed by atoms with Gasteiger partial charge in [0.2, 0.25) is 0 Å². The van der Waals surface area contributed by atoms with E-state index in [1.54, 1.807) is 13.8 Å². The highest BCUT2D eigenvalue weighted by molar-refractivity contribution is 5.82. The van der Waals surface area contributed by atoms with Gasteiger partial charge >= 0.3 is 12.0 Å². The van der Waals surface area contributed by atoms with Crippen molar-refractivity contribution in [2.24, 2.45) is 5.92 Å². The number of benzene rings is 1. The zero-order valence-electron chi connectivity index (χ0n) is 12.1. The number of amides is 2. The Morgan fingerprint density at radius 3 is 2.20 bits per heavy atom. The summed E-state index contributed by atoms with van der Waals surface area (Å²) in [5, 5.41) is 14.4. The molecule has 2 atom stereocenters. The fraction of sp³-hybridized carbons (Fsp3) is 0.467. The highest BCUT2D eigenvalue weighted by Crippen LogP contribution is 2.15. The molecule has 2 amide bonds. The number of carbonyl (C=O) groups is 2. The molecule has 3 N–H and O–H groups in total. The smallest absolute Gasteiger partial charge is 0.326 e. The second kappa shape index (κ2) is 7.53. The van der Waals surface area contributed by atoms with Crippen LogP contribution in [0.5, 0.6) is 0 Å². The van der Waals surface area contributed by atoms with Crippen molar-refractivity contribution in [2.45, 2.75) is 39.3 Å². The van der Waals surface area contributed by atoms with Crippen LogP contribution in [0.3, 0.4) is 0 Å². The first-order chi connectivity index (χ1) is 9.45. The molecule has 0 aromatic heterocycles. The molecule has 0 bridgehead atoms. The maximum Gasteiger partial charge on any atom is 0.326 e. The molecule has 0 aliphatic rings. The molecule has 20 heavy (non-hydrogen) atoms. The van der Waals surface area contributed by atoms with Gasteiger partial charge in [-0.25, -0.2) is 9.59 Å². The summed E-state index contributed by atoms with van der Waals surface area (Å²) in [6, 6.07) is 8.13. The molecule has 0 saturated heterocycles. The van der Waals surface area contributed by atoms with Crippen molar-refractivity contribution >= 4 is 12.0 Å². The fourth-order valence-electron chi connectivity index (χ4n) is 1.96. The van der Waals surface area contributed by atoms with Crippen LogP contribution in [0.15, 0.2) is 30.3 Å². The summed E-state index contributed by atoms with van der Waals surface area (Å²) in [5.41, 5.74) is 1.00. The van der Waals surface area contributed by atoms with Crippen LogP contribution in [-0.4, -0.2) is 23.1 Å². The van der Waals surface area contributed by atoms with Gasteiger partial charge in [-0.1, -0.05) is 51.1 Å². The van der Waals surface area contributed by atoms with E-state index in [0.29, 0.717) is 0 Å². The minimum Gasteiger partial charge on any atom is -0.480 e. The van der Waals surface area contributed by atoms with E-state index in [-0.39, 0.29) is 12.0 Å². The molecule has 1 aromatic rings. The SMILES string of the molecule is CCC(NC(=O)N[C@H](C(=O)O)C(C)C)c1ccccc1. The monoisotopic (exact) mass is 278 g/mol. The summed E-state index contributed by atoms with van der Waals surface area (Å²) in [6.07, 6.45) is 0.733. The summed E-state index contributed by atoms with van der Waals surface area (Å²) >= 11 is 0. The predicted molar refractivity (Wildman–Crippen MR) is 77.4 cm³/mol. The van der Waals surface area contributed by atoms with Gasteiger partial charge in [-0.2, -0.15) is 0 Å². The molecule has 0 radical (unpaired) electrons. The number of hydrogen-bond donors (Lipinski definition) is 3. The number of rotatable bonds is 6. The van der Waals surface area contributed by atoms with Gasteiger partial charge in [-0.05, 0) is 17.9 Å². The third kappa shape index (κ3) is 4.57. The lowest BCUT2D eigenvalue weighted by atomic mass is 10.0. The van der Waals surface area contributed by atoms with Gasteiger partial charge in [0.1, 0.15) is 6.04 Å². The fourth-order valence-corrected chi connectivity index (χ4v) is 1.96. The Morgan fingerprint density at radius 1 is 1.15 bits per heavy atom. The van der Waals surface area contributed by atoms with Crippen molar-refractivity contribution in [3.05, 3.63) is 35.9 Å². The Labute approximate surface area is 119 Å². The summed E-state index contributed by atoms with van der Waals surface area (Å²) in [7, 11) is 0. The van der Waals surface area contributed by atoms with Gasteiger partial charge < -0.3 is 15.7 Å². The largest absolute Gasteiger partial charge is 0.480 e. The van der Waals surface area contributed by atoms with Crippen molar-refractivity contribution in [1.29, 1.82) is 0 Å². The van der Waals surface area contributed by atoms with Gasteiger partial charge in [-0.15, -0.1) is 0 Å². The van der Waals surface area contributed by atoms with Crippen molar-refractivity contribution in [3.8, 4) is 0 Å². The standard InChI is InChI=1S/C15H22N2O3/c1-4-12(11-8-6-5-7-9-11)16-15(20)17-13(10(2)3)14(18)19/h5-10,12-13H,4H2,1-3H3,(H,18,19)(H2,16,17,20)/t12?,13-/m0/s1. The summed E-state index contributed by atoms with van der Waals surface area (Å²) in [4.78, 5) is 23.0. The molecule has 5 heteroatoms. The summed E-state index contributed by atoms with van der Waals surface area (Å²) in [6.45, 7) is 5.48. The van der Waals surface area contributed by atoms with E-state index in [1.165, 1.54) is 0 Å². The summed E-state index contributed by atoms with van der Waals surface area (Å²) < 4.78 is 0. The van der Waals surface area contributed by atoms with Crippen LogP contribution in [-0.2, 0) is 4.79 Å². The predicted octanol–water partition coefficient (Wildman–Crippen LogP) is 2.55. The average Bonchev–Trinajstić information content (AvgIpc) is 2.42. The summed E-state index contributed by atoms with van der Waals surface area (Å²) in [5.74, 6) is -1.20. The molecule has 1 aromatic carbocycles. The molecule has 110 valence electrons.